The highest BCUT2D eigenvalue weighted by atomic mass is 19.1. The van der Waals surface area contributed by atoms with E-state index in [1.807, 2.05) is 48.5 Å². The van der Waals surface area contributed by atoms with Crippen LogP contribution in [0.2, 0.25) is 0 Å². The Kier molecular flexibility index (Phi) is 5.38. The van der Waals surface area contributed by atoms with Crippen molar-refractivity contribution in [2.75, 3.05) is 23.3 Å². The number of hydrogen-bond acceptors (Lipinski definition) is 2. The number of halogens is 1. The first-order valence-electron chi connectivity index (χ1n) is 9.68. The molecule has 3 aromatic rings. The number of para-hydroxylation sites is 1. The van der Waals surface area contributed by atoms with Gasteiger partial charge in [0.1, 0.15) is 11.5 Å². The summed E-state index contributed by atoms with van der Waals surface area (Å²) in [5, 5.41) is 2.79. The second-order valence-electron chi connectivity index (χ2n) is 7.12. The molecule has 1 amide bonds. The highest BCUT2D eigenvalue weighted by Gasteiger charge is 2.19. The Bertz CT molecular complexity index is 948. The van der Waals surface area contributed by atoms with E-state index < -0.39 is 5.82 Å². The van der Waals surface area contributed by atoms with E-state index in [1.54, 1.807) is 6.07 Å². The van der Waals surface area contributed by atoms with Gasteiger partial charge in [-0.15, -0.1) is 0 Å². The number of nitrogens with zero attached hydrogens (tertiary/aromatic N) is 1. The zero-order valence-electron chi connectivity index (χ0n) is 15.7. The minimum Gasteiger partial charge on any atom is -0.370 e. The molecular formula is C24H23FN2O. The van der Waals surface area contributed by atoms with Gasteiger partial charge in [0.15, 0.2) is 0 Å². The molecule has 3 aromatic carbocycles. The molecule has 4 rings (SSSR count). The van der Waals surface area contributed by atoms with Crippen LogP contribution in [0.15, 0.2) is 72.8 Å². The SMILES string of the molecule is O=C(Cc1ccc(-c2ccccc2)cc1)Nc1c(F)cccc1N1CCCC1. The lowest BCUT2D eigenvalue weighted by Gasteiger charge is -2.22. The molecule has 0 saturated carbocycles. The van der Waals surface area contributed by atoms with Gasteiger partial charge in [0.25, 0.3) is 0 Å². The maximum atomic E-state index is 14.4. The van der Waals surface area contributed by atoms with Crippen molar-refractivity contribution in [1.29, 1.82) is 0 Å². The van der Waals surface area contributed by atoms with Crippen LogP contribution in [-0.4, -0.2) is 19.0 Å². The van der Waals surface area contributed by atoms with E-state index in [2.05, 4.69) is 22.3 Å². The van der Waals surface area contributed by atoms with Gasteiger partial charge >= 0.3 is 0 Å². The van der Waals surface area contributed by atoms with Gasteiger partial charge in [-0.2, -0.15) is 0 Å². The summed E-state index contributed by atoms with van der Waals surface area (Å²) in [7, 11) is 0. The summed E-state index contributed by atoms with van der Waals surface area (Å²) in [5.74, 6) is -0.602. The molecule has 1 saturated heterocycles. The summed E-state index contributed by atoms with van der Waals surface area (Å²) in [4.78, 5) is 14.7. The van der Waals surface area contributed by atoms with Gasteiger partial charge in [0.05, 0.1) is 12.1 Å². The first-order chi connectivity index (χ1) is 13.7. The molecule has 1 fully saturated rings. The van der Waals surface area contributed by atoms with Crippen molar-refractivity contribution in [2.45, 2.75) is 19.3 Å². The fourth-order valence-electron chi connectivity index (χ4n) is 3.67. The Labute approximate surface area is 164 Å². The van der Waals surface area contributed by atoms with Gasteiger partial charge in [0.2, 0.25) is 5.91 Å². The molecule has 0 bridgehead atoms. The van der Waals surface area contributed by atoms with Crippen LogP contribution in [0.5, 0.6) is 0 Å². The number of rotatable bonds is 5. The minimum absolute atomic E-state index is 0.210. The summed E-state index contributed by atoms with van der Waals surface area (Å²) >= 11 is 0. The Morgan fingerprint density at radius 3 is 2.25 bits per heavy atom. The summed E-state index contributed by atoms with van der Waals surface area (Å²) in [6.45, 7) is 1.79. The normalized spacial score (nSPS) is 13.5. The van der Waals surface area contributed by atoms with Gasteiger partial charge in [0, 0.05) is 13.1 Å². The molecule has 1 aliphatic heterocycles. The number of carbonyl (C=O) groups excluding carboxylic acids is 1. The molecule has 0 aromatic heterocycles. The summed E-state index contributed by atoms with van der Waals surface area (Å²) < 4.78 is 14.4. The number of benzene rings is 3. The molecule has 28 heavy (non-hydrogen) atoms. The molecule has 1 aliphatic rings. The van der Waals surface area contributed by atoms with Crippen LogP contribution in [0.1, 0.15) is 18.4 Å². The predicted octanol–water partition coefficient (Wildman–Crippen LogP) is 5.27. The fourth-order valence-corrected chi connectivity index (χ4v) is 3.67. The molecule has 0 atom stereocenters. The first kappa shape index (κ1) is 18.2. The van der Waals surface area contributed by atoms with Gasteiger partial charge in [-0.1, -0.05) is 60.7 Å². The van der Waals surface area contributed by atoms with E-state index in [9.17, 15) is 9.18 Å². The van der Waals surface area contributed by atoms with Gasteiger partial charge in [-0.25, -0.2) is 4.39 Å². The van der Waals surface area contributed by atoms with E-state index in [0.717, 1.165) is 48.3 Å². The zero-order valence-corrected chi connectivity index (χ0v) is 15.7. The second-order valence-corrected chi connectivity index (χ2v) is 7.12. The Balaban J connectivity index is 1.46. The van der Waals surface area contributed by atoms with Crippen LogP contribution in [-0.2, 0) is 11.2 Å². The Morgan fingerprint density at radius 1 is 0.857 bits per heavy atom. The Hall–Kier alpha value is -3.14. The van der Waals surface area contributed by atoms with E-state index >= 15 is 0 Å². The van der Waals surface area contributed by atoms with Crippen LogP contribution in [0.4, 0.5) is 15.8 Å². The smallest absolute Gasteiger partial charge is 0.228 e. The number of anilines is 2. The summed E-state index contributed by atoms with van der Waals surface area (Å²) in [6, 6.07) is 23.0. The molecule has 0 radical (unpaired) electrons. The maximum absolute atomic E-state index is 14.4. The second kappa shape index (κ2) is 8.26. The van der Waals surface area contributed by atoms with E-state index in [-0.39, 0.29) is 18.0 Å². The topological polar surface area (TPSA) is 32.3 Å². The third kappa shape index (κ3) is 4.06. The lowest BCUT2D eigenvalue weighted by atomic mass is 10.0. The van der Waals surface area contributed by atoms with Crippen LogP contribution < -0.4 is 10.2 Å². The van der Waals surface area contributed by atoms with Crippen molar-refractivity contribution in [1.82, 2.24) is 0 Å². The third-order valence-corrected chi connectivity index (χ3v) is 5.13. The Morgan fingerprint density at radius 2 is 1.54 bits per heavy atom. The standard InChI is InChI=1S/C24H23FN2O/c25-21-9-6-10-22(27-15-4-5-16-27)24(21)26-23(28)17-18-11-13-20(14-12-18)19-7-2-1-3-8-19/h1-3,6-14H,4-5,15-17H2,(H,26,28). The number of amides is 1. The maximum Gasteiger partial charge on any atom is 0.228 e. The largest absolute Gasteiger partial charge is 0.370 e. The highest BCUT2D eigenvalue weighted by Crippen LogP contribution is 2.31. The molecular weight excluding hydrogens is 351 g/mol. The first-order valence-corrected chi connectivity index (χ1v) is 9.68. The van der Waals surface area contributed by atoms with Gasteiger partial charge in [-0.3, -0.25) is 4.79 Å². The third-order valence-electron chi connectivity index (χ3n) is 5.13. The lowest BCUT2D eigenvalue weighted by Crippen LogP contribution is -2.22. The average molecular weight is 374 g/mol. The van der Waals surface area contributed by atoms with Gasteiger partial charge < -0.3 is 10.2 Å². The molecule has 3 nitrogen and oxygen atoms in total. The molecule has 1 N–H and O–H groups in total. The van der Waals surface area contributed by atoms with Crippen LogP contribution in [0, 0.1) is 5.82 Å². The number of carbonyl (C=O) groups is 1. The highest BCUT2D eigenvalue weighted by molar-refractivity contribution is 5.95. The number of nitrogens with one attached hydrogen (secondary N) is 1. The predicted molar refractivity (Wildman–Crippen MR) is 112 cm³/mol. The van der Waals surface area contributed by atoms with Crippen molar-refractivity contribution < 1.29 is 9.18 Å². The molecule has 0 spiro atoms. The molecule has 1 heterocycles. The quantitative estimate of drug-likeness (QED) is 0.659. The van der Waals surface area contributed by atoms with Crippen molar-refractivity contribution in [2.24, 2.45) is 0 Å². The zero-order chi connectivity index (χ0) is 19.3. The monoisotopic (exact) mass is 374 g/mol. The van der Waals surface area contributed by atoms with Crippen LogP contribution >= 0.6 is 0 Å². The van der Waals surface area contributed by atoms with E-state index in [1.165, 1.54) is 6.07 Å². The number of hydrogen-bond donors (Lipinski definition) is 1. The van der Waals surface area contributed by atoms with Crippen LogP contribution in [0.25, 0.3) is 11.1 Å². The van der Waals surface area contributed by atoms with Crippen molar-refractivity contribution >= 4 is 17.3 Å². The summed E-state index contributed by atoms with van der Waals surface area (Å²) in [6.07, 6.45) is 2.40. The van der Waals surface area contributed by atoms with Crippen molar-refractivity contribution in [3.63, 3.8) is 0 Å². The fraction of sp³-hybridized carbons (Fsp3) is 0.208. The average Bonchev–Trinajstić information content (AvgIpc) is 3.25. The van der Waals surface area contributed by atoms with Crippen molar-refractivity contribution in [3.05, 3.63) is 84.2 Å². The molecule has 4 heteroatoms. The summed E-state index contributed by atoms with van der Waals surface area (Å²) in [5.41, 5.74) is 4.20. The van der Waals surface area contributed by atoms with E-state index in [0.29, 0.717) is 0 Å². The molecule has 142 valence electrons. The van der Waals surface area contributed by atoms with Gasteiger partial charge in [-0.05, 0) is 41.7 Å². The van der Waals surface area contributed by atoms with Crippen molar-refractivity contribution in [3.8, 4) is 11.1 Å². The lowest BCUT2D eigenvalue weighted by molar-refractivity contribution is -0.115. The van der Waals surface area contributed by atoms with E-state index in [4.69, 9.17) is 0 Å². The molecule has 0 aliphatic carbocycles. The minimum atomic E-state index is -0.392. The van der Waals surface area contributed by atoms with Crippen LogP contribution in [0.3, 0.4) is 0 Å². The molecule has 0 unspecified atom stereocenters.